The van der Waals surface area contributed by atoms with Crippen LogP contribution in [0, 0.1) is 6.92 Å². The van der Waals surface area contributed by atoms with E-state index in [-0.39, 0.29) is 17.5 Å². The summed E-state index contributed by atoms with van der Waals surface area (Å²) in [5.74, 6) is 0.299. The SMILES string of the molecule is CCN1C(=O)C(=Cc2c(NC(C)C)nc3c(C)cccn3c2=O)SC1=S. The van der Waals surface area contributed by atoms with Crippen molar-refractivity contribution < 1.29 is 4.79 Å². The van der Waals surface area contributed by atoms with E-state index in [1.165, 1.54) is 21.1 Å². The summed E-state index contributed by atoms with van der Waals surface area (Å²) in [6.45, 7) is 8.23. The molecule has 0 aromatic carbocycles. The molecule has 1 N–H and O–H groups in total. The van der Waals surface area contributed by atoms with Gasteiger partial charge in [-0.3, -0.25) is 18.9 Å². The Morgan fingerprint density at radius 3 is 2.73 bits per heavy atom. The van der Waals surface area contributed by atoms with E-state index in [9.17, 15) is 9.59 Å². The second-order valence-corrected chi connectivity index (χ2v) is 7.96. The molecular weight excluding hydrogens is 368 g/mol. The molecule has 0 radical (unpaired) electrons. The third kappa shape index (κ3) is 3.26. The number of pyridine rings is 1. The van der Waals surface area contributed by atoms with Crippen molar-refractivity contribution in [2.45, 2.75) is 33.7 Å². The van der Waals surface area contributed by atoms with Gasteiger partial charge < -0.3 is 5.32 Å². The number of hydrogen-bond donors (Lipinski definition) is 1. The lowest BCUT2D eigenvalue weighted by atomic mass is 10.2. The highest BCUT2D eigenvalue weighted by molar-refractivity contribution is 8.26. The number of rotatable bonds is 4. The van der Waals surface area contributed by atoms with E-state index >= 15 is 0 Å². The van der Waals surface area contributed by atoms with E-state index in [1.807, 2.05) is 33.8 Å². The molecule has 6 nitrogen and oxygen atoms in total. The number of fused-ring (bicyclic) bond motifs is 1. The predicted octanol–water partition coefficient (Wildman–Crippen LogP) is 3.04. The van der Waals surface area contributed by atoms with E-state index in [4.69, 9.17) is 12.2 Å². The predicted molar refractivity (Wildman–Crippen MR) is 111 cm³/mol. The molecule has 136 valence electrons. The van der Waals surface area contributed by atoms with Crippen molar-refractivity contribution >= 4 is 51.7 Å². The first kappa shape index (κ1) is 18.6. The van der Waals surface area contributed by atoms with Gasteiger partial charge in [0.15, 0.2) is 0 Å². The monoisotopic (exact) mass is 388 g/mol. The molecule has 2 aromatic rings. The highest BCUT2D eigenvalue weighted by atomic mass is 32.2. The van der Waals surface area contributed by atoms with Crippen LogP contribution in [0.15, 0.2) is 28.0 Å². The zero-order valence-corrected chi connectivity index (χ0v) is 16.7. The minimum atomic E-state index is -0.219. The van der Waals surface area contributed by atoms with Gasteiger partial charge in [-0.2, -0.15) is 0 Å². The summed E-state index contributed by atoms with van der Waals surface area (Å²) < 4.78 is 2.01. The van der Waals surface area contributed by atoms with Crippen LogP contribution in [0.2, 0.25) is 0 Å². The fourth-order valence-corrected chi connectivity index (χ4v) is 4.09. The lowest BCUT2D eigenvalue weighted by molar-refractivity contribution is -0.121. The standard InChI is InChI=1S/C18H20N4O2S2/c1-5-21-17(24)13(26-18(21)25)9-12-14(19-10(2)3)20-15-11(4)7-6-8-22(15)16(12)23/h6-10,19H,5H2,1-4H3. The molecule has 26 heavy (non-hydrogen) atoms. The zero-order chi connectivity index (χ0) is 19.0. The van der Waals surface area contributed by atoms with Gasteiger partial charge in [-0.05, 0) is 45.4 Å². The van der Waals surface area contributed by atoms with Gasteiger partial charge in [0.25, 0.3) is 11.5 Å². The van der Waals surface area contributed by atoms with Crippen molar-refractivity contribution in [3.63, 3.8) is 0 Å². The number of amides is 1. The lowest BCUT2D eigenvalue weighted by Crippen LogP contribution is -2.27. The average molecular weight is 389 g/mol. The molecule has 0 aliphatic carbocycles. The number of likely N-dealkylation sites (N-methyl/N-ethyl adjacent to an activating group) is 1. The molecule has 0 atom stereocenters. The molecule has 3 rings (SSSR count). The first-order valence-corrected chi connectivity index (χ1v) is 9.59. The fraction of sp³-hybridized carbons (Fsp3) is 0.333. The molecule has 1 fully saturated rings. The first-order valence-electron chi connectivity index (χ1n) is 8.37. The Labute approximate surface area is 161 Å². The number of nitrogens with zero attached hydrogens (tertiary/aromatic N) is 3. The van der Waals surface area contributed by atoms with Crippen LogP contribution < -0.4 is 10.9 Å². The summed E-state index contributed by atoms with van der Waals surface area (Å²) in [6, 6.07) is 3.81. The Balaban J connectivity index is 2.23. The van der Waals surface area contributed by atoms with Crippen LogP contribution in [0.5, 0.6) is 0 Å². The number of thioether (sulfide) groups is 1. The molecule has 0 spiro atoms. The van der Waals surface area contributed by atoms with E-state index in [2.05, 4.69) is 10.3 Å². The number of nitrogens with one attached hydrogen (secondary N) is 1. The van der Waals surface area contributed by atoms with Gasteiger partial charge in [0.2, 0.25) is 0 Å². The topological polar surface area (TPSA) is 66.7 Å². The van der Waals surface area contributed by atoms with Crippen LogP contribution in [0.3, 0.4) is 0 Å². The molecular formula is C18H20N4O2S2. The molecule has 8 heteroatoms. The summed E-state index contributed by atoms with van der Waals surface area (Å²) in [7, 11) is 0. The third-order valence-electron chi connectivity index (χ3n) is 3.97. The van der Waals surface area contributed by atoms with Gasteiger partial charge >= 0.3 is 0 Å². The number of carbonyl (C=O) groups excluding carboxylic acids is 1. The Morgan fingerprint density at radius 2 is 2.12 bits per heavy atom. The van der Waals surface area contributed by atoms with Gasteiger partial charge in [0.05, 0.1) is 10.5 Å². The van der Waals surface area contributed by atoms with Crippen molar-refractivity contribution in [3.05, 3.63) is 44.7 Å². The molecule has 3 heterocycles. The van der Waals surface area contributed by atoms with E-state index in [1.54, 1.807) is 18.3 Å². The van der Waals surface area contributed by atoms with Crippen LogP contribution in [-0.2, 0) is 4.79 Å². The maximum Gasteiger partial charge on any atom is 0.267 e. The summed E-state index contributed by atoms with van der Waals surface area (Å²) in [5, 5.41) is 3.22. The maximum absolute atomic E-state index is 13.1. The number of aryl methyl sites for hydroxylation is 1. The summed E-state index contributed by atoms with van der Waals surface area (Å²) in [5.41, 5.74) is 1.64. The van der Waals surface area contributed by atoms with Crippen molar-refractivity contribution in [2.24, 2.45) is 0 Å². The van der Waals surface area contributed by atoms with E-state index in [0.717, 1.165) is 5.56 Å². The van der Waals surface area contributed by atoms with Crippen molar-refractivity contribution in [3.8, 4) is 0 Å². The van der Waals surface area contributed by atoms with Gasteiger partial charge in [0, 0.05) is 18.8 Å². The minimum absolute atomic E-state index is 0.0886. The molecule has 0 saturated carbocycles. The second kappa shape index (κ2) is 7.20. The second-order valence-electron chi connectivity index (χ2n) is 6.29. The Bertz CT molecular complexity index is 995. The Morgan fingerprint density at radius 1 is 1.38 bits per heavy atom. The lowest BCUT2D eigenvalue weighted by Gasteiger charge is -2.14. The van der Waals surface area contributed by atoms with Crippen LogP contribution in [0.25, 0.3) is 11.7 Å². The molecule has 1 aliphatic heterocycles. The molecule has 2 aromatic heterocycles. The highest BCUT2D eigenvalue weighted by Crippen LogP contribution is 2.32. The van der Waals surface area contributed by atoms with Crippen molar-refractivity contribution in [1.29, 1.82) is 0 Å². The van der Waals surface area contributed by atoms with Crippen molar-refractivity contribution in [2.75, 3.05) is 11.9 Å². The quantitative estimate of drug-likeness (QED) is 0.641. The number of aromatic nitrogens is 2. The minimum Gasteiger partial charge on any atom is -0.367 e. The molecule has 0 unspecified atom stereocenters. The van der Waals surface area contributed by atoms with Gasteiger partial charge in [-0.1, -0.05) is 30.0 Å². The van der Waals surface area contributed by atoms with Gasteiger partial charge in [0.1, 0.15) is 15.8 Å². The molecule has 0 bridgehead atoms. The number of anilines is 1. The highest BCUT2D eigenvalue weighted by Gasteiger charge is 2.31. The maximum atomic E-state index is 13.1. The smallest absolute Gasteiger partial charge is 0.267 e. The fourth-order valence-electron chi connectivity index (χ4n) is 2.73. The molecule has 1 saturated heterocycles. The largest absolute Gasteiger partial charge is 0.367 e. The summed E-state index contributed by atoms with van der Waals surface area (Å²) >= 11 is 6.46. The van der Waals surface area contributed by atoms with Crippen LogP contribution in [0.1, 0.15) is 31.9 Å². The zero-order valence-electron chi connectivity index (χ0n) is 15.1. The number of hydrogen-bond acceptors (Lipinski definition) is 6. The Hall–Kier alpha value is -2.19. The molecule has 1 amide bonds. The summed E-state index contributed by atoms with van der Waals surface area (Å²) in [4.78, 5) is 32.2. The normalized spacial score (nSPS) is 16.3. The Kier molecular flexibility index (Phi) is 5.15. The first-order chi connectivity index (χ1) is 12.3. The number of thiocarbonyl (C=S) groups is 1. The average Bonchev–Trinajstić information content (AvgIpc) is 2.85. The van der Waals surface area contributed by atoms with Gasteiger partial charge in [-0.15, -0.1) is 0 Å². The molecule has 1 aliphatic rings. The third-order valence-corrected chi connectivity index (χ3v) is 5.35. The number of carbonyl (C=O) groups is 1. The van der Waals surface area contributed by atoms with Gasteiger partial charge in [-0.25, -0.2) is 4.98 Å². The summed E-state index contributed by atoms with van der Waals surface area (Å²) in [6.07, 6.45) is 3.29. The van der Waals surface area contributed by atoms with Crippen LogP contribution >= 0.6 is 24.0 Å². The van der Waals surface area contributed by atoms with E-state index in [0.29, 0.717) is 32.8 Å². The van der Waals surface area contributed by atoms with E-state index < -0.39 is 0 Å². The van der Waals surface area contributed by atoms with Crippen LogP contribution in [0.4, 0.5) is 5.82 Å². The van der Waals surface area contributed by atoms with Crippen LogP contribution in [-0.4, -0.2) is 37.1 Å². The van der Waals surface area contributed by atoms with Crippen molar-refractivity contribution in [1.82, 2.24) is 14.3 Å².